The topological polar surface area (TPSA) is 263 Å². The second-order valence-electron chi connectivity index (χ2n) is 34.1. The highest BCUT2D eigenvalue weighted by molar-refractivity contribution is 5.95. The van der Waals surface area contributed by atoms with Gasteiger partial charge in [0.05, 0.1) is 0 Å². The highest BCUT2D eigenvalue weighted by Crippen LogP contribution is 2.39. The summed E-state index contributed by atoms with van der Waals surface area (Å²) >= 11 is 0. The lowest BCUT2D eigenvalue weighted by Gasteiger charge is -2.15. The van der Waals surface area contributed by atoms with E-state index < -0.39 is 59.7 Å². The van der Waals surface area contributed by atoms with E-state index in [1.807, 2.05) is 149 Å². The number of hydrogen-bond donors (Lipinski definition) is 0. The molecule has 0 aliphatic rings. The number of unbranched alkanes of at least 4 members (excludes halogenated alkanes) is 2. The van der Waals surface area contributed by atoms with Crippen LogP contribution < -0.4 is 47.4 Å². The molecule has 20 nitrogen and oxygen atoms in total. The van der Waals surface area contributed by atoms with E-state index in [0.717, 1.165) is 177 Å². The summed E-state index contributed by atoms with van der Waals surface area (Å²) in [5.41, 5.74) is 21.0. The predicted molar refractivity (Wildman–Crippen MR) is 557 cm³/mol. The average Bonchev–Trinajstić information content (AvgIpc) is 0.813. The Hall–Kier alpha value is -15.7. The molecule has 0 heterocycles. The van der Waals surface area contributed by atoms with Gasteiger partial charge in [-0.05, 0) is 356 Å². The number of benzene rings is 10. The van der Waals surface area contributed by atoms with Gasteiger partial charge in [0.2, 0.25) is 0 Å². The monoisotopic (exact) mass is 1890 g/mol. The van der Waals surface area contributed by atoms with Crippen molar-refractivity contribution in [1.82, 2.24) is 0 Å². The molecule has 140 heavy (non-hydrogen) atoms. The van der Waals surface area contributed by atoms with Gasteiger partial charge in [-0.1, -0.05) is 206 Å². The summed E-state index contributed by atoms with van der Waals surface area (Å²) < 4.78 is 53.8. The zero-order valence-electron chi connectivity index (χ0n) is 84.2. The van der Waals surface area contributed by atoms with Crippen molar-refractivity contribution in [2.75, 3.05) is 0 Å². The number of carbonyl (C=O) groups excluding carboxylic acids is 10. The Bertz CT molecular complexity index is 5990. The molecule has 0 unspecified atom stereocenters. The average molecular weight is 1890 g/mol. The summed E-state index contributed by atoms with van der Waals surface area (Å²) in [5.74, 6) is 0.963. The first-order valence-electron chi connectivity index (χ1n) is 46.3. The van der Waals surface area contributed by atoms with Crippen LogP contribution in [0, 0.1) is 13.8 Å². The third-order valence-corrected chi connectivity index (χ3v) is 21.0. The normalized spacial score (nSPS) is 10.3. The molecule has 10 rings (SSSR count). The van der Waals surface area contributed by atoms with Gasteiger partial charge >= 0.3 is 59.7 Å². The zero-order valence-corrected chi connectivity index (χ0v) is 84.2. The van der Waals surface area contributed by atoms with Crippen molar-refractivity contribution in [1.29, 1.82) is 0 Å². The van der Waals surface area contributed by atoms with Crippen molar-refractivity contribution in [2.24, 2.45) is 0 Å². The van der Waals surface area contributed by atoms with Gasteiger partial charge in [0.15, 0.2) is 0 Å². The number of carbonyl (C=O) groups is 10. The minimum Gasteiger partial charge on any atom is -0.423 e. The second kappa shape index (κ2) is 55.5. The molecule has 0 N–H and O–H groups in total. The predicted octanol–water partition coefficient (Wildman–Crippen LogP) is 27.9. The number of esters is 10. The van der Waals surface area contributed by atoms with Crippen LogP contribution in [0.1, 0.15) is 194 Å². The molecule has 0 spiro atoms. The quantitative estimate of drug-likeness (QED) is 0.0199. The first-order chi connectivity index (χ1) is 66.3. The molecule has 0 aromatic heterocycles. The lowest BCUT2D eigenvalue weighted by Crippen LogP contribution is -2.10. The van der Waals surface area contributed by atoms with Gasteiger partial charge in [-0.2, -0.15) is 0 Å². The second-order valence-corrected chi connectivity index (χ2v) is 34.1. The van der Waals surface area contributed by atoms with Crippen molar-refractivity contribution in [3.05, 3.63) is 360 Å². The van der Waals surface area contributed by atoms with Crippen LogP contribution in [0.15, 0.2) is 316 Å². The Morgan fingerprint density at radius 2 is 0.357 bits per heavy atom. The van der Waals surface area contributed by atoms with E-state index in [9.17, 15) is 47.9 Å². The van der Waals surface area contributed by atoms with Gasteiger partial charge in [0.25, 0.3) is 0 Å². The minimum atomic E-state index is -0.452. The molecule has 0 aliphatic carbocycles. The first kappa shape index (κ1) is 113. The lowest BCUT2D eigenvalue weighted by atomic mass is 9.96. The van der Waals surface area contributed by atoms with Gasteiger partial charge in [0.1, 0.15) is 57.5 Å². The van der Waals surface area contributed by atoms with Gasteiger partial charge in [-0.25, -0.2) is 47.9 Å². The van der Waals surface area contributed by atoms with E-state index in [4.69, 9.17) is 47.4 Å². The summed E-state index contributed by atoms with van der Waals surface area (Å²) in [6, 6.07) is 60.2. The largest absolute Gasteiger partial charge is 0.423 e. The maximum Gasteiger partial charge on any atom is 0.338 e. The van der Waals surface area contributed by atoms with Crippen molar-refractivity contribution in [3.63, 3.8) is 0 Å². The number of rotatable bonds is 37. The first-order valence-corrected chi connectivity index (χ1v) is 46.3. The third kappa shape index (κ3) is 35.1. The van der Waals surface area contributed by atoms with E-state index in [1.165, 1.54) is 0 Å². The van der Waals surface area contributed by atoms with Gasteiger partial charge in [0, 0.05) is 55.7 Å². The van der Waals surface area contributed by atoms with E-state index in [2.05, 4.69) is 118 Å². The summed E-state index contributed by atoms with van der Waals surface area (Å²) in [5, 5.41) is 0. The summed E-state index contributed by atoms with van der Waals surface area (Å²) in [7, 11) is 0. The fourth-order valence-electron chi connectivity index (χ4n) is 13.0. The third-order valence-electron chi connectivity index (χ3n) is 21.0. The van der Waals surface area contributed by atoms with Crippen LogP contribution >= 0.6 is 0 Å². The van der Waals surface area contributed by atoms with E-state index in [0.29, 0.717) is 113 Å². The van der Waals surface area contributed by atoms with Crippen molar-refractivity contribution in [3.8, 4) is 113 Å². The van der Waals surface area contributed by atoms with Gasteiger partial charge in [-0.15, -0.1) is 0 Å². The van der Waals surface area contributed by atoms with Crippen molar-refractivity contribution in [2.45, 2.75) is 202 Å². The van der Waals surface area contributed by atoms with E-state index in [-0.39, 0.29) is 0 Å². The molecule has 10 aromatic carbocycles. The van der Waals surface area contributed by atoms with Crippen LogP contribution in [-0.4, -0.2) is 59.7 Å². The van der Waals surface area contributed by atoms with Crippen molar-refractivity contribution < 1.29 is 95.3 Å². The van der Waals surface area contributed by atoms with Crippen LogP contribution in [0.2, 0.25) is 0 Å². The molecular weight excluding hydrogens is 1760 g/mol. The smallest absolute Gasteiger partial charge is 0.338 e. The fraction of sp³-hybridized carbons (Fsp3) is 0.250. The van der Waals surface area contributed by atoms with E-state index >= 15 is 0 Å². The Balaban J connectivity index is 0.000000269. The molecule has 20 heteroatoms. The Kier molecular flexibility index (Phi) is 44.8. The number of hydrogen-bond acceptors (Lipinski definition) is 20. The summed E-state index contributed by atoms with van der Waals surface area (Å²) in [6.45, 7) is 68.5. The number of ether oxygens (including phenoxy) is 10. The Morgan fingerprint density at radius 1 is 0.193 bits per heavy atom. The summed E-state index contributed by atoms with van der Waals surface area (Å²) in [4.78, 5) is 118. The molecule has 0 aliphatic heterocycles. The maximum absolute atomic E-state index is 12.0. The molecule has 0 fully saturated rings. The van der Waals surface area contributed by atoms with Gasteiger partial charge < -0.3 is 47.4 Å². The molecule has 0 atom stereocenters. The van der Waals surface area contributed by atoms with Crippen LogP contribution in [0.25, 0.3) is 55.6 Å². The fourth-order valence-corrected chi connectivity index (χ4v) is 13.0. The molecule has 730 valence electrons. The molecule has 0 amide bonds. The molecule has 10 aromatic rings. The van der Waals surface area contributed by atoms with Crippen molar-refractivity contribution >= 4 is 59.7 Å². The highest BCUT2D eigenvalue weighted by atomic mass is 16.6. The zero-order chi connectivity index (χ0) is 104. The van der Waals surface area contributed by atoms with E-state index in [1.54, 1.807) is 118 Å². The molecule has 0 radical (unpaired) electrons. The SMILES string of the molecule is C=C(C)C(=O)Oc1ccc(-c2ccc(OC(=O)C(=C)C)c(C)c2)cc1C.C=C(C)C(=O)Oc1ccc(-c2ccc(OC(=O)C(=C)C)c(CC)c2)cc1CC.C=C(C)C(=O)Oc1ccc(-c2ccc(OC(=O)C(=C)C)c(CCC)c2)cc1CCC.C=C(C)C(=O)Oc1ccc(-c2ccc(OC(=O)C(=C)C)c(CCCC)c2)cc1CCCC.C=C(C)C(=O)Oc1ccc(-c2ccc(OC(=O)C(=C)C)cc2)cc1. The van der Waals surface area contributed by atoms with Crippen LogP contribution in [0.3, 0.4) is 0 Å². The maximum atomic E-state index is 12.0. The molecule has 0 bridgehead atoms. The molecular formula is C120H130O20. The van der Waals surface area contributed by atoms with Gasteiger partial charge in [-0.3, -0.25) is 0 Å². The molecule has 0 saturated carbocycles. The lowest BCUT2D eigenvalue weighted by molar-refractivity contribution is -0.131. The van der Waals surface area contributed by atoms with Crippen LogP contribution in [0.5, 0.6) is 57.5 Å². The Labute approximate surface area is 825 Å². The van der Waals surface area contributed by atoms with Crippen LogP contribution in [-0.2, 0) is 86.5 Å². The highest BCUT2D eigenvalue weighted by Gasteiger charge is 2.22. The van der Waals surface area contributed by atoms with Crippen LogP contribution in [0.4, 0.5) is 0 Å². The minimum absolute atomic E-state index is 0.346. The number of aryl methyl sites for hydroxylation is 8. The standard InChI is InChI=1S/C28H34O4.C26H30O4.C24H26O4.C22H22O4.C20H18O4/c1-7-9-11-23-17-21(13-15-25(23)31-27(29)19(3)4)22-14-16-26(32-28(30)20(5)6)24(18-22)12-10-8-2;1-7-9-21-15-19(11-13-23(21)29-25(27)17(3)4)20-12-14-24(22(16-20)10-8-2)30-26(28)18(5)6;1-7-17-13-19(9-11-21(17)27-23(25)15(3)4)20-10-12-22(18(8-2)14-20)28-24(26)16(5)6;1-13(2)21(23)25-19-9-7-17(11-15(19)5)18-8-10-20(16(6)12-18)26-22(24)14(3)4;1-13(2)19(21)23-17-9-5-15(6-10-17)16-7-11-18(12-8-16)24-20(22)14(3)4/h13-18H,3,5,7-12H2,1-2,4,6H3;11-16H,3,5,7-10H2,1-2,4,6H3;9-14H,3,5,7-8H2,1-2,4,6H3;7-12H,1,3H2,2,4-6H3;5-12H,1,3H2,2,4H3. The summed E-state index contributed by atoms with van der Waals surface area (Å²) in [6.07, 6.45) is 10.6. The Morgan fingerprint density at radius 3 is 0.543 bits per heavy atom. The molecule has 0 saturated heterocycles.